The van der Waals surface area contributed by atoms with Crippen molar-refractivity contribution in [3.05, 3.63) is 40.9 Å². The maximum Gasteiger partial charge on any atom is 0.412 e. The van der Waals surface area contributed by atoms with Crippen molar-refractivity contribution in [1.29, 1.82) is 0 Å². The molecule has 2 aromatic rings. The Morgan fingerprint density at radius 3 is 2.75 bits per heavy atom. The summed E-state index contributed by atoms with van der Waals surface area (Å²) in [5.41, 5.74) is 0.963. The SMILES string of the molecule is CN(C)C(=O)OC1Cc2cc(Cl)c3ccccc3c2O1. The van der Waals surface area contributed by atoms with Gasteiger partial charge in [0.2, 0.25) is 6.29 Å². The van der Waals surface area contributed by atoms with Crippen molar-refractivity contribution in [2.24, 2.45) is 0 Å². The molecule has 20 heavy (non-hydrogen) atoms. The zero-order valence-corrected chi connectivity index (χ0v) is 12.0. The molecule has 2 aromatic carbocycles. The molecular weight excluding hydrogens is 278 g/mol. The lowest BCUT2D eigenvalue weighted by Gasteiger charge is -2.16. The van der Waals surface area contributed by atoms with Crippen LogP contribution in [0.3, 0.4) is 0 Å². The van der Waals surface area contributed by atoms with Crippen LogP contribution in [0.25, 0.3) is 10.8 Å². The number of nitrogens with zero attached hydrogens (tertiary/aromatic N) is 1. The van der Waals surface area contributed by atoms with Crippen molar-refractivity contribution in [3.8, 4) is 5.75 Å². The van der Waals surface area contributed by atoms with E-state index >= 15 is 0 Å². The van der Waals surface area contributed by atoms with Gasteiger partial charge in [0.25, 0.3) is 0 Å². The maximum atomic E-state index is 11.6. The van der Waals surface area contributed by atoms with Gasteiger partial charge in [0.05, 0.1) is 6.42 Å². The van der Waals surface area contributed by atoms with E-state index in [0.29, 0.717) is 11.4 Å². The molecule has 0 saturated carbocycles. The Morgan fingerprint density at radius 1 is 1.35 bits per heavy atom. The van der Waals surface area contributed by atoms with Gasteiger partial charge in [-0.15, -0.1) is 0 Å². The highest BCUT2D eigenvalue weighted by molar-refractivity contribution is 6.36. The van der Waals surface area contributed by atoms with Crippen molar-refractivity contribution < 1.29 is 14.3 Å². The highest BCUT2D eigenvalue weighted by Gasteiger charge is 2.29. The van der Waals surface area contributed by atoms with Crippen LogP contribution >= 0.6 is 11.6 Å². The Hall–Kier alpha value is -1.94. The molecule has 0 saturated heterocycles. The van der Waals surface area contributed by atoms with Crippen molar-refractivity contribution in [2.45, 2.75) is 12.7 Å². The van der Waals surface area contributed by atoms with Gasteiger partial charge in [-0.2, -0.15) is 0 Å². The monoisotopic (exact) mass is 291 g/mol. The smallest absolute Gasteiger partial charge is 0.412 e. The molecule has 1 heterocycles. The molecule has 0 bridgehead atoms. The molecule has 104 valence electrons. The standard InChI is InChI=1S/C15H14ClNO3/c1-17(2)15(18)20-13-8-9-7-12(16)10-5-3-4-6-11(10)14(9)19-13/h3-7,13H,8H2,1-2H3. The number of benzene rings is 2. The third-order valence-corrected chi connectivity index (χ3v) is 3.57. The zero-order valence-electron chi connectivity index (χ0n) is 11.2. The van der Waals surface area contributed by atoms with E-state index in [1.54, 1.807) is 14.1 Å². The van der Waals surface area contributed by atoms with Gasteiger partial charge in [-0.1, -0.05) is 35.9 Å². The summed E-state index contributed by atoms with van der Waals surface area (Å²) in [7, 11) is 3.27. The van der Waals surface area contributed by atoms with Crippen molar-refractivity contribution in [1.82, 2.24) is 4.90 Å². The summed E-state index contributed by atoms with van der Waals surface area (Å²) >= 11 is 6.27. The van der Waals surface area contributed by atoms with Gasteiger partial charge in [-0.05, 0) is 6.07 Å². The van der Waals surface area contributed by atoms with Crippen LogP contribution in [0.15, 0.2) is 30.3 Å². The number of hydrogen-bond acceptors (Lipinski definition) is 3. The van der Waals surface area contributed by atoms with E-state index in [4.69, 9.17) is 21.1 Å². The van der Waals surface area contributed by atoms with Crippen LogP contribution < -0.4 is 4.74 Å². The van der Waals surface area contributed by atoms with Gasteiger partial charge >= 0.3 is 6.09 Å². The summed E-state index contributed by atoms with van der Waals surface area (Å²) in [6.45, 7) is 0. The first-order valence-corrected chi connectivity index (χ1v) is 6.69. The van der Waals surface area contributed by atoms with E-state index in [0.717, 1.165) is 22.1 Å². The average molecular weight is 292 g/mol. The summed E-state index contributed by atoms with van der Waals surface area (Å²) in [6.07, 6.45) is -0.501. The minimum Gasteiger partial charge on any atom is -0.453 e. The number of amides is 1. The Kier molecular flexibility index (Phi) is 3.18. The molecule has 0 fully saturated rings. The minimum atomic E-state index is -0.596. The van der Waals surface area contributed by atoms with Gasteiger partial charge in [-0.25, -0.2) is 4.79 Å². The molecule has 1 aliphatic rings. The summed E-state index contributed by atoms with van der Waals surface area (Å²) < 4.78 is 11.0. The minimum absolute atomic E-state index is 0.418. The number of rotatable bonds is 1. The van der Waals surface area contributed by atoms with Crippen LogP contribution in [0.4, 0.5) is 4.79 Å². The summed E-state index contributed by atoms with van der Waals surface area (Å²) in [5.74, 6) is 0.751. The molecule has 1 atom stereocenters. The Balaban J connectivity index is 1.94. The van der Waals surface area contributed by atoms with Crippen molar-refractivity contribution >= 4 is 28.5 Å². The predicted octanol–water partition coefficient (Wildman–Crippen LogP) is 3.45. The fourth-order valence-electron chi connectivity index (χ4n) is 2.29. The Bertz CT molecular complexity index is 684. The van der Waals surface area contributed by atoms with Crippen LogP contribution in [0.2, 0.25) is 5.02 Å². The molecule has 4 nitrogen and oxygen atoms in total. The topological polar surface area (TPSA) is 38.8 Å². The maximum absolute atomic E-state index is 11.6. The van der Waals surface area contributed by atoms with Gasteiger partial charge in [-0.3, -0.25) is 0 Å². The highest BCUT2D eigenvalue weighted by Crippen LogP contribution is 2.40. The second kappa shape index (κ2) is 4.87. The molecule has 1 aliphatic heterocycles. The largest absolute Gasteiger partial charge is 0.453 e. The van der Waals surface area contributed by atoms with Gasteiger partial charge < -0.3 is 14.4 Å². The van der Waals surface area contributed by atoms with E-state index in [-0.39, 0.29) is 0 Å². The molecule has 0 radical (unpaired) electrons. The van der Waals surface area contributed by atoms with E-state index < -0.39 is 12.4 Å². The first-order valence-electron chi connectivity index (χ1n) is 6.31. The summed E-state index contributed by atoms with van der Waals surface area (Å²) in [6, 6.07) is 9.64. The van der Waals surface area contributed by atoms with Gasteiger partial charge in [0, 0.05) is 35.5 Å². The predicted molar refractivity (Wildman–Crippen MR) is 77.2 cm³/mol. The summed E-state index contributed by atoms with van der Waals surface area (Å²) in [4.78, 5) is 13.0. The normalized spacial score (nSPS) is 16.6. The molecule has 0 spiro atoms. The molecule has 0 aliphatic carbocycles. The van der Waals surface area contributed by atoms with E-state index in [1.165, 1.54) is 4.90 Å². The quantitative estimate of drug-likeness (QED) is 0.808. The Labute approximate surface area is 121 Å². The number of carbonyl (C=O) groups excluding carboxylic acids is 1. The highest BCUT2D eigenvalue weighted by atomic mass is 35.5. The first kappa shape index (κ1) is 13.1. The van der Waals surface area contributed by atoms with Gasteiger partial charge in [0.15, 0.2) is 0 Å². The molecule has 0 N–H and O–H groups in total. The third-order valence-electron chi connectivity index (χ3n) is 3.25. The van der Waals surface area contributed by atoms with E-state index in [2.05, 4.69) is 0 Å². The van der Waals surface area contributed by atoms with E-state index in [1.807, 2.05) is 30.3 Å². The van der Waals surface area contributed by atoms with Crippen LogP contribution in [-0.4, -0.2) is 31.4 Å². The average Bonchev–Trinajstić information content (AvgIpc) is 2.81. The number of fused-ring (bicyclic) bond motifs is 3. The fourth-order valence-corrected chi connectivity index (χ4v) is 2.58. The van der Waals surface area contributed by atoms with Crippen LogP contribution in [0, 0.1) is 0 Å². The van der Waals surface area contributed by atoms with Crippen LogP contribution in [-0.2, 0) is 11.2 Å². The number of ether oxygens (including phenoxy) is 2. The van der Waals surface area contributed by atoms with E-state index in [9.17, 15) is 4.79 Å². The third kappa shape index (κ3) is 2.16. The second-order valence-electron chi connectivity index (χ2n) is 4.92. The van der Waals surface area contributed by atoms with Crippen molar-refractivity contribution in [3.63, 3.8) is 0 Å². The van der Waals surface area contributed by atoms with Gasteiger partial charge in [0.1, 0.15) is 5.75 Å². The summed E-state index contributed by atoms with van der Waals surface area (Å²) in [5, 5.41) is 2.56. The van der Waals surface area contributed by atoms with Crippen LogP contribution in [0.1, 0.15) is 5.56 Å². The number of carbonyl (C=O) groups is 1. The van der Waals surface area contributed by atoms with Crippen molar-refractivity contribution in [2.75, 3.05) is 14.1 Å². The molecule has 3 rings (SSSR count). The number of hydrogen-bond donors (Lipinski definition) is 0. The number of halogens is 1. The first-order chi connectivity index (χ1) is 9.56. The lowest BCUT2D eigenvalue weighted by molar-refractivity contribution is -0.0267. The molecule has 1 unspecified atom stereocenters. The second-order valence-corrected chi connectivity index (χ2v) is 5.33. The molecule has 0 aromatic heterocycles. The Morgan fingerprint density at radius 2 is 2.05 bits per heavy atom. The lowest BCUT2D eigenvalue weighted by atomic mass is 10.0. The lowest BCUT2D eigenvalue weighted by Crippen LogP contribution is -2.30. The van der Waals surface area contributed by atoms with Crippen LogP contribution in [0.5, 0.6) is 5.75 Å². The molecule has 1 amide bonds. The zero-order chi connectivity index (χ0) is 14.3. The fraction of sp³-hybridized carbons (Fsp3) is 0.267. The molecular formula is C15H14ClNO3. The molecule has 5 heteroatoms.